The summed E-state index contributed by atoms with van der Waals surface area (Å²) in [4.78, 5) is 32.2. The number of nitrogens with one attached hydrogen (secondary N) is 2. The Morgan fingerprint density at radius 1 is 1.32 bits per heavy atom. The number of rotatable bonds is 5. The van der Waals surface area contributed by atoms with Gasteiger partial charge in [-0.1, -0.05) is 6.07 Å². The van der Waals surface area contributed by atoms with Gasteiger partial charge in [0.05, 0.1) is 19.1 Å². The Kier molecular flexibility index (Phi) is 5.86. The number of methoxy groups -OCH3 is 1. The predicted molar refractivity (Wildman–Crippen MR) is 91.8 cm³/mol. The highest BCUT2D eigenvalue weighted by atomic mass is 19.2. The molecule has 0 saturated heterocycles. The largest absolute Gasteiger partial charge is 0.469 e. The molecular weight excluding hydrogens is 377 g/mol. The number of halogens is 3. The van der Waals surface area contributed by atoms with E-state index in [1.165, 1.54) is 18.3 Å². The smallest absolute Gasteiger partial charge is 0.318 e. The molecule has 0 aliphatic carbocycles. The maximum atomic E-state index is 14.5. The van der Waals surface area contributed by atoms with Gasteiger partial charge in [0.1, 0.15) is 6.04 Å². The van der Waals surface area contributed by atoms with Gasteiger partial charge in [-0.05, 0) is 12.5 Å². The molecule has 150 valence electrons. The van der Waals surface area contributed by atoms with E-state index in [4.69, 9.17) is 0 Å². The second-order valence-electron chi connectivity index (χ2n) is 6.29. The molecule has 2 aromatic rings. The minimum Gasteiger partial charge on any atom is -0.469 e. The summed E-state index contributed by atoms with van der Waals surface area (Å²) in [6, 6.07) is 0.402. The summed E-state index contributed by atoms with van der Waals surface area (Å²) < 4.78 is 46.1. The molecule has 7 nitrogen and oxygen atoms in total. The van der Waals surface area contributed by atoms with E-state index in [1.54, 1.807) is 0 Å². The van der Waals surface area contributed by atoms with Gasteiger partial charge in [0.25, 0.3) is 0 Å². The van der Waals surface area contributed by atoms with Crippen LogP contribution in [0.3, 0.4) is 0 Å². The van der Waals surface area contributed by atoms with E-state index in [1.807, 2.05) is 0 Å². The number of hydrogen-bond donors (Lipinski definition) is 2. The molecule has 3 rings (SSSR count). The van der Waals surface area contributed by atoms with E-state index < -0.39 is 35.5 Å². The lowest BCUT2D eigenvalue weighted by Gasteiger charge is -2.35. The molecule has 2 N–H and O–H groups in total. The highest BCUT2D eigenvalue weighted by Crippen LogP contribution is 2.35. The quantitative estimate of drug-likeness (QED) is 0.462. The van der Waals surface area contributed by atoms with Crippen molar-refractivity contribution in [3.8, 4) is 0 Å². The van der Waals surface area contributed by atoms with E-state index in [9.17, 15) is 22.8 Å². The number of carbonyl (C=O) groups excluding carboxylic acids is 2. The zero-order valence-electron chi connectivity index (χ0n) is 15.1. The average Bonchev–Trinajstić information content (AvgIpc) is 3.17. The number of fused-ring (bicyclic) bond motifs is 1. The van der Waals surface area contributed by atoms with Gasteiger partial charge >= 0.3 is 12.0 Å². The summed E-state index contributed by atoms with van der Waals surface area (Å²) in [5.74, 6) is -4.66. The fraction of sp³-hybridized carbons (Fsp3) is 0.389. The number of aromatic nitrogens is 2. The van der Waals surface area contributed by atoms with E-state index in [2.05, 4.69) is 20.0 Å². The number of urea groups is 1. The number of nitrogens with zero attached hydrogens (tertiary/aromatic N) is 2. The first-order valence-electron chi connectivity index (χ1n) is 8.70. The Balaban J connectivity index is 1.83. The van der Waals surface area contributed by atoms with Gasteiger partial charge in [0.15, 0.2) is 17.5 Å². The predicted octanol–water partition coefficient (Wildman–Crippen LogP) is 2.44. The van der Waals surface area contributed by atoms with Crippen LogP contribution in [0.4, 0.5) is 18.0 Å². The van der Waals surface area contributed by atoms with Crippen LogP contribution in [0.5, 0.6) is 0 Å². The Labute approximate surface area is 158 Å². The molecule has 1 aliphatic heterocycles. The summed E-state index contributed by atoms with van der Waals surface area (Å²) in [7, 11) is 1.27. The summed E-state index contributed by atoms with van der Waals surface area (Å²) >= 11 is 0. The molecule has 0 fully saturated rings. The zero-order chi connectivity index (χ0) is 20.3. The molecule has 0 radical (unpaired) electrons. The van der Waals surface area contributed by atoms with Gasteiger partial charge in [-0.2, -0.15) is 0 Å². The summed E-state index contributed by atoms with van der Waals surface area (Å²) in [6.07, 6.45) is 2.37. The molecular formula is C18H19F3N4O3. The van der Waals surface area contributed by atoms with Crippen molar-refractivity contribution in [1.29, 1.82) is 0 Å². The third kappa shape index (κ3) is 3.80. The van der Waals surface area contributed by atoms with Crippen LogP contribution < -0.4 is 5.32 Å². The second kappa shape index (κ2) is 8.32. The first-order chi connectivity index (χ1) is 13.4. The van der Waals surface area contributed by atoms with Crippen LogP contribution >= 0.6 is 0 Å². The maximum Gasteiger partial charge on any atom is 0.318 e. The lowest BCUT2D eigenvalue weighted by molar-refractivity contribution is -0.140. The van der Waals surface area contributed by atoms with Crippen LogP contribution in [-0.4, -0.2) is 47.1 Å². The molecule has 28 heavy (non-hydrogen) atoms. The fourth-order valence-corrected chi connectivity index (χ4v) is 3.19. The Morgan fingerprint density at radius 2 is 2.11 bits per heavy atom. The summed E-state index contributed by atoms with van der Waals surface area (Å²) in [5.41, 5.74) is 0.890. The highest BCUT2D eigenvalue weighted by molar-refractivity contribution is 5.76. The Hall–Kier alpha value is -3.04. The van der Waals surface area contributed by atoms with Gasteiger partial charge in [-0.3, -0.25) is 4.79 Å². The molecule has 1 aliphatic rings. The van der Waals surface area contributed by atoms with Crippen molar-refractivity contribution in [3.05, 3.63) is 52.9 Å². The number of H-pyrrole nitrogens is 1. The Bertz CT molecular complexity index is 887. The summed E-state index contributed by atoms with van der Waals surface area (Å²) in [5, 5.41) is 2.65. The molecule has 1 aromatic carbocycles. The van der Waals surface area contributed by atoms with Crippen molar-refractivity contribution < 1.29 is 27.5 Å². The highest BCUT2D eigenvalue weighted by Gasteiger charge is 2.36. The van der Waals surface area contributed by atoms with E-state index in [0.29, 0.717) is 24.2 Å². The number of amides is 2. The van der Waals surface area contributed by atoms with Crippen LogP contribution in [0.25, 0.3) is 0 Å². The number of benzene rings is 1. The molecule has 0 bridgehead atoms. The normalized spacial score (nSPS) is 15.9. The summed E-state index contributed by atoms with van der Waals surface area (Å²) in [6.45, 7) is 0.423. The van der Waals surface area contributed by atoms with Crippen molar-refractivity contribution in [3.63, 3.8) is 0 Å². The molecule has 0 spiro atoms. The molecule has 0 unspecified atom stereocenters. The number of carbonyl (C=O) groups is 2. The first-order valence-corrected chi connectivity index (χ1v) is 8.70. The zero-order valence-corrected chi connectivity index (χ0v) is 15.1. The fourth-order valence-electron chi connectivity index (χ4n) is 3.19. The topological polar surface area (TPSA) is 87.3 Å². The van der Waals surface area contributed by atoms with Crippen LogP contribution in [0, 0.1) is 17.5 Å². The molecule has 1 atom stereocenters. The van der Waals surface area contributed by atoms with E-state index in [-0.39, 0.29) is 25.1 Å². The van der Waals surface area contributed by atoms with E-state index in [0.717, 1.165) is 12.1 Å². The minimum atomic E-state index is -1.60. The van der Waals surface area contributed by atoms with E-state index >= 15 is 0 Å². The standard InChI is InChI=1S/C18H19F3N4O3/c1-28-13(26)3-2-7-22-18(27)25-8-6-12-16(24-9-23-12)17(25)10-4-5-11(19)15(21)14(10)20/h4-5,9,17H,2-3,6-8H2,1H3,(H,22,27)(H,23,24)/t17-/m1/s1. The number of esters is 1. The van der Waals surface area contributed by atoms with Crippen LogP contribution in [0.2, 0.25) is 0 Å². The van der Waals surface area contributed by atoms with Gasteiger partial charge in [0.2, 0.25) is 0 Å². The molecule has 2 heterocycles. The molecule has 2 amide bonds. The lowest BCUT2D eigenvalue weighted by Crippen LogP contribution is -2.46. The maximum absolute atomic E-state index is 14.5. The minimum absolute atomic E-state index is 0.140. The SMILES string of the molecule is COC(=O)CCCNC(=O)N1CCc2[nH]cnc2[C@H]1c1ccc(F)c(F)c1F. The molecule has 1 aromatic heterocycles. The number of imidazole rings is 1. The lowest BCUT2D eigenvalue weighted by atomic mass is 9.95. The Morgan fingerprint density at radius 3 is 2.86 bits per heavy atom. The number of ether oxygens (including phenoxy) is 1. The van der Waals surface area contributed by atoms with Crippen molar-refractivity contribution in [2.75, 3.05) is 20.2 Å². The second-order valence-corrected chi connectivity index (χ2v) is 6.29. The van der Waals surface area contributed by atoms with Crippen molar-refractivity contribution in [2.24, 2.45) is 0 Å². The van der Waals surface area contributed by atoms with Gasteiger partial charge in [-0.25, -0.2) is 22.9 Å². The van der Waals surface area contributed by atoms with Crippen molar-refractivity contribution in [1.82, 2.24) is 20.2 Å². The van der Waals surface area contributed by atoms with Crippen molar-refractivity contribution >= 4 is 12.0 Å². The van der Waals surface area contributed by atoms with Gasteiger partial charge < -0.3 is 19.9 Å². The average molecular weight is 396 g/mol. The number of hydrogen-bond acceptors (Lipinski definition) is 4. The van der Waals surface area contributed by atoms with Crippen molar-refractivity contribution in [2.45, 2.75) is 25.3 Å². The van der Waals surface area contributed by atoms with Gasteiger partial charge in [-0.15, -0.1) is 0 Å². The van der Waals surface area contributed by atoms with Gasteiger partial charge in [0, 0.05) is 37.2 Å². The third-order valence-electron chi connectivity index (χ3n) is 4.61. The van der Waals surface area contributed by atoms with Crippen LogP contribution in [-0.2, 0) is 16.0 Å². The number of aromatic amines is 1. The van der Waals surface area contributed by atoms with Crippen LogP contribution in [0.15, 0.2) is 18.5 Å². The third-order valence-corrected chi connectivity index (χ3v) is 4.61. The van der Waals surface area contributed by atoms with Crippen LogP contribution in [0.1, 0.15) is 35.8 Å². The first kappa shape index (κ1) is 19.7. The molecule has 0 saturated carbocycles. The monoisotopic (exact) mass is 396 g/mol. The molecule has 10 heteroatoms.